The number of nitrogens with zero attached hydrogens (tertiary/aromatic N) is 1. The molecule has 0 saturated carbocycles. The van der Waals surface area contributed by atoms with E-state index in [2.05, 4.69) is 10.6 Å². The van der Waals surface area contributed by atoms with Crippen LogP contribution in [0.4, 0.5) is 0 Å². The van der Waals surface area contributed by atoms with E-state index in [1.165, 1.54) is 10.4 Å². The van der Waals surface area contributed by atoms with Gasteiger partial charge in [0.15, 0.2) is 0 Å². The molecule has 0 bridgehead atoms. The van der Waals surface area contributed by atoms with Crippen LogP contribution in [0.1, 0.15) is 42.6 Å². The molecule has 1 unspecified atom stereocenters. The van der Waals surface area contributed by atoms with Crippen LogP contribution in [-0.2, 0) is 10.0 Å². The summed E-state index contributed by atoms with van der Waals surface area (Å²) < 4.78 is 26.7. The largest absolute Gasteiger partial charge is 0.352 e. The first-order valence-corrected chi connectivity index (χ1v) is 10.4. The second-order valence-corrected chi connectivity index (χ2v) is 8.41. The summed E-state index contributed by atoms with van der Waals surface area (Å²) in [5.41, 5.74) is 1.20. The number of carbonyl (C=O) groups excluding carboxylic acids is 1. The maximum Gasteiger partial charge on any atom is 0.251 e. The van der Waals surface area contributed by atoms with Gasteiger partial charge in [-0.25, -0.2) is 8.42 Å². The van der Waals surface area contributed by atoms with Crippen molar-refractivity contribution in [1.29, 1.82) is 0 Å². The molecular weight excluding hydrogens is 338 g/mol. The molecule has 0 spiro atoms. The van der Waals surface area contributed by atoms with Gasteiger partial charge in [0, 0.05) is 25.2 Å². The molecule has 7 heteroatoms. The Labute approximate surface area is 151 Å². The number of hydrogen-bond donors (Lipinski definition) is 2. The maximum atomic E-state index is 12.7. The number of nitrogens with one attached hydrogen (secondary N) is 2. The van der Waals surface area contributed by atoms with Crippen LogP contribution in [0, 0.1) is 12.8 Å². The topological polar surface area (TPSA) is 78.5 Å². The minimum Gasteiger partial charge on any atom is -0.352 e. The van der Waals surface area contributed by atoms with Crippen molar-refractivity contribution in [2.45, 2.75) is 38.5 Å². The van der Waals surface area contributed by atoms with Gasteiger partial charge < -0.3 is 10.6 Å². The molecule has 0 aliphatic carbocycles. The quantitative estimate of drug-likeness (QED) is 0.734. The van der Waals surface area contributed by atoms with Crippen molar-refractivity contribution in [3.63, 3.8) is 0 Å². The Bertz CT molecular complexity index is 694. The SMILES string of the molecule is CCN(CC)S(=O)(=O)c1ccc(C)c(C(=O)NCCC2CCNC2)c1. The summed E-state index contributed by atoms with van der Waals surface area (Å²) in [4.78, 5) is 12.7. The molecule has 1 fully saturated rings. The van der Waals surface area contributed by atoms with Gasteiger partial charge in [-0.2, -0.15) is 4.31 Å². The first-order valence-electron chi connectivity index (χ1n) is 8.99. The fourth-order valence-electron chi connectivity index (χ4n) is 3.16. The van der Waals surface area contributed by atoms with Crippen LogP contribution in [0.15, 0.2) is 23.1 Å². The van der Waals surface area contributed by atoms with Gasteiger partial charge in [-0.3, -0.25) is 4.79 Å². The molecule has 1 aromatic carbocycles. The van der Waals surface area contributed by atoms with Crippen molar-refractivity contribution >= 4 is 15.9 Å². The van der Waals surface area contributed by atoms with Crippen LogP contribution in [0.5, 0.6) is 0 Å². The van der Waals surface area contributed by atoms with E-state index in [0.29, 0.717) is 31.1 Å². The smallest absolute Gasteiger partial charge is 0.251 e. The molecule has 25 heavy (non-hydrogen) atoms. The third-order valence-electron chi connectivity index (χ3n) is 4.80. The third kappa shape index (κ3) is 4.80. The highest BCUT2D eigenvalue weighted by molar-refractivity contribution is 7.89. The molecule has 1 aliphatic heterocycles. The average Bonchev–Trinajstić information content (AvgIpc) is 3.09. The summed E-state index contributed by atoms with van der Waals surface area (Å²) in [6.45, 7) is 8.91. The summed E-state index contributed by atoms with van der Waals surface area (Å²) >= 11 is 0. The highest BCUT2D eigenvalue weighted by atomic mass is 32.2. The van der Waals surface area contributed by atoms with E-state index in [4.69, 9.17) is 0 Å². The van der Waals surface area contributed by atoms with E-state index in [1.54, 1.807) is 26.0 Å². The van der Waals surface area contributed by atoms with E-state index in [1.807, 2.05) is 6.92 Å². The number of aryl methyl sites for hydroxylation is 1. The summed E-state index contributed by atoms with van der Waals surface area (Å²) in [7, 11) is -3.56. The third-order valence-corrected chi connectivity index (χ3v) is 6.84. The Morgan fingerprint density at radius 1 is 1.32 bits per heavy atom. The van der Waals surface area contributed by atoms with Crippen LogP contribution in [-0.4, -0.2) is 51.4 Å². The van der Waals surface area contributed by atoms with Crippen LogP contribution in [0.3, 0.4) is 0 Å². The Kier molecular flexibility index (Phi) is 6.98. The zero-order valence-corrected chi connectivity index (χ0v) is 16.2. The van der Waals surface area contributed by atoms with E-state index < -0.39 is 10.0 Å². The zero-order valence-electron chi connectivity index (χ0n) is 15.3. The predicted octanol–water partition coefficient (Wildman–Crippen LogP) is 1.75. The molecule has 1 saturated heterocycles. The van der Waals surface area contributed by atoms with E-state index in [0.717, 1.165) is 31.5 Å². The molecule has 1 heterocycles. The number of hydrogen-bond acceptors (Lipinski definition) is 4. The molecular formula is C18H29N3O3S. The molecule has 1 aliphatic rings. The number of carbonyl (C=O) groups is 1. The summed E-state index contributed by atoms with van der Waals surface area (Å²) in [6, 6.07) is 4.77. The fourth-order valence-corrected chi connectivity index (χ4v) is 4.65. The van der Waals surface area contributed by atoms with Gasteiger partial charge in [-0.05, 0) is 56.5 Å². The predicted molar refractivity (Wildman–Crippen MR) is 99.2 cm³/mol. The van der Waals surface area contributed by atoms with Gasteiger partial charge in [-0.1, -0.05) is 19.9 Å². The van der Waals surface area contributed by atoms with Crippen molar-refractivity contribution < 1.29 is 13.2 Å². The summed E-state index contributed by atoms with van der Waals surface area (Å²) in [5, 5.41) is 6.24. The second-order valence-electron chi connectivity index (χ2n) is 6.47. The highest BCUT2D eigenvalue weighted by Crippen LogP contribution is 2.20. The van der Waals surface area contributed by atoms with Gasteiger partial charge in [0.05, 0.1) is 4.90 Å². The normalized spacial score (nSPS) is 17.8. The van der Waals surface area contributed by atoms with Crippen molar-refractivity contribution in [2.24, 2.45) is 5.92 Å². The lowest BCUT2D eigenvalue weighted by molar-refractivity contribution is 0.0951. The molecule has 1 amide bonds. The number of sulfonamides is 1. The second kappa shape index (κ2) is 8.78. The van der Waals surface area contributed by atoms with Crippen LogP contribution in [0.25, 0.3) is 0 Å². The number of benzene rings is 1. The standard InChI is InChI=1S/C18H29N3O3S/c1-4-21(5-2)25(23,24)16-7-6-14(3)17(12-16)18(22)20-11-9-15-8-10-19-13-15/h6-7,12,15,19H,4-5,8-11,13H2,1-3H3,(H,20,22). The van der Waals surface area contributed by atoms with E-state index in [-0.39, 0.29) is 10.8 Å². The summed E-state index contributed by atoms with van der Waals surface area (Å²) in [6.07, 6.45) is 2.09. The number of amides is 1. The molecule has 2 N–H and O–H groups in total. The van der Waals surface area contributed by atoms with Crippen LogP contribution < -0.4 is 10.6 Å². The minimum absolute atomic E-state index is 0.173. The summed E-state index contributed by atoms with van der Waals surface area (Å²) in [5.74, 6) is 0.399. The zero-order chi connectivity index (χ0) is 18.4. The lowest BCUT2D eigenvalue weighted by Crippen LogP contribution is -2.31. The molecule has 1 aromatic rings. The molecule has 1 atom stereocenters. The van der Waals surface area contributed by atoms with Crippen molar-refractivity contribution in [3.8, 4) is 0 Å². The Balaban J connectivity index is 2.10. The Morgan fingerprint density at radius 3 is 2.64 bits per heavy atom. The van der Waals surface area contributed by atoms with Gasteiger partial charge in [0.25, 0.3) is 5.91 Å². The van der Waals surface area contributed by atoms with Crippen molar-refractivity contribution in [1.82, 2.24) is 14.9 Å². The molecule has 0 aromatic heterocycles. The first-order chi connectivity index (χ1) is 11.9. The average molecular weight is 368 g/mol. The minimum atomic E-state index is -3.56. The van der Waals surface area contributed by atoms with Crippen molar-refractivity contribution in [2.75, 3.05) is 32.7 Å². The molecule has 2 rings (SSSR count). The lowest BCUT2D eigenvalue weighted by Gasteiger charge is -2.19. The fraction of sp³-hybridized carbons (Fsp3) is 0.611. The highest BCUT2D eigenvalue weighted by Gasteiger charge is 2.23. The molecule has 6 nitrogen and oxygen atoms in total. The maximum absolute atomic E-state index is 12.7. The Morgan fingerprint density at radius 2 is 2.04 bits per heavy atom. The van der Waals surface area contributed by atoms with Gasteiger partial charge in [0.1, 0.15) is 0 Å². The lowest BCUT2D eigenvalue weighted by atomic mass is 10.0. The van der Waals surface area contributed by atoms with Crippen molar-refractivity contribution in [3.05, 3.63) is 29.3 Å². The van der Waals surface area contributed by atoms with Gasteiger partial charge >= 0.3 is 0 Å². The Hall–Kier alpha value is -1.44. The van der Waals surface area contributed by atoms with Gasteiger partial charge in [0.2, 0.25) is 10.0 Å². The monoisotopic (exact) mass is 367 g/mol. The van der Waals surface area contributed by atoms with Crippen LogP contribution in [0.2, 0.25) is 0 Å². The van der Waals surface area contributed by atoms with E-state index >= 15 is 0 Å². The first kappa shape index (κ1) is 19.9. The molecule has 0 radical (unpaired) electrons. The van der Waals surface area contributed by atoms with E-state index in [9.17, 15) is 13.2 Å². The van der Waals surface area contributed by atoms with Gasteiger partial charge in [-0.15, -0.1) is 0 Å². The molecule has 140 valence electrons. The number of rotatable bonds is 8. The van der Waals surface area contributed by atoms with Crippen LogP contribution >= 0.6 is 0 Å².